The number of nitrogens with zero attached hydrogens (tertiary/aromatic N) is 2. The van der Waals surface area contributed by atoms with Gasteiger partial charge in [0.2, 0.25) is 0 Å². The van der Waals surface area contributed by atoms with Crippen LogP contribution < -0.4 is 5.32 Å². The molecule has 0 aliphatic heterocycles. The number of benzene rings is 1. The van der Waals surface area contributed by atoms with Crippen LogP contribution in [0.25, 0.3) is 0 Å². The van der Waals surface area contributed by atoms with Crippen molar-refractivity contribution in [3.8, 4) is 0 Å². The van der Waals surface area contributed by atoms with E-state index in [-0.39, 0.29) is 12.0 Å². The quantitative estimate of drug-likeness (QED) is 0.816. The molecule has 0 unspecified atom stereocenters. The van der Waals surface area contributed by atoms with Crippen LogP contribution in [-0.2, 0) is 13.0 Å². The molecule has 2 rings (SSSR count). The van der Waals surface area contributed by atoms with Crippen molar-refractivity contribution in [2.75, 3.05) is 7.05 Å². The molecule has 96 valence electrons. The Morgan fingerprint density at radius 2 is 2.00 bits per heavy atom. The minimum atomic E-state index is -1.47. The molecule has 2 aromatic rings. The third-order valence-electron chi connectivity index (χ3n) is 2.39. The minimum Gasteiger partial charge on any atom is -0.313 e. The Morgan fingerprint density at radius 1 is 1.22 bits per heavy atom. The third kappa shape index (κ3) is 2.51. The average Bonchev–Trinajstić information content (AvgIpc) is 2.78. The molecule has 18 heavy (non-hydrogen) atoms. The molecule has 1 aromatic carbocycles. The normalized spacial score (nSPS) is 10.9. The van der Waals surface area contributed by atoms with Crippen LogP contribution in [0.3, 0.4) is 0 Å². The van der Waals surface area contributed by atoms with Crippen molar-refractivity contribution < 1.29 is 13.2 Å². The van der Waals surface area contributed by atoms with Gasteiger partial charge in [-0.15, -0.1) is 0 Å². The topological polar surface area (TPSA) is 53.6 Å². The summed E-state index contributed by atoms with van der Waals surface area (Å²) < 4.78 is 39.2. The first-order chi connectivity index (χ1) is 8.61. The lowest BCUT2D eigenvalue weighted by Gasteiger charge is -2.02. The van der Waals surface area contributed by atoms with Crippen molar-refractivity contribution in [3.63, 3.8) is 0 Å². The molecule has 1 heterocycles. The van der Waals surface area contributed by atoms with Crippen molar-refractivity contribution in [1.29, 1.82) is 0 Å². The fourth-order valence-electron chi connectivity index (χ4n) is 1.53. The maximum Gasteiger partial charge on any atom is 0.194 e. The predicted octanol–water partition coefficient (Wildman–Crippen LogP) is 1.53. The number of rotatable bonds is 4. The molecular weight excluding hydrogens is 245 g/mol. The van der Waals surface area contributed by atoms with E-state index in [0.717, 1.165) is 6.07 Å². The molecule has 7 heteroatoms. The number of aromatic amines is 1. The number of nitrogens with one attached hydrogen (secondary N) is 2. The van der Waals surface area contributed by atoms with E-state index < -0.39 is 17.5 Å². The van der Waals surface area contributed by atoms with Gasteiger partial charge in [0.25, 0.3) is 0 Å². The number of aromatic nitrogens is 3. The SMILES string of the molecule is CNCc1n[nH]c(Cc2ccc(F)c(F)c2F)n1. The third-order valence-corrected chi connectivity index (χ3v) is 2.39. The predicted molar refractivity (Wildman–Crippen MR) is 58.3 cm³/mol. The fourth-order valence-corrected chi connectivity index (χ4v) is 1.53. The van der Waals surface area contributed by atoms with Gasteiger partial charge in [0.05, 0.1) is 6.54 Å². The van der Waals surface area contributed by atoms with E-state index in [4.69, 9.17) is 0 Å². The number of H-pyrrole nitrogens is 1. The van der Waals surface area contributed by atoms with Crippen LogP contribution in [0.15, 0.2) is 12.1 Å². The van der Waals surface area contributed by atoms with E-state index in [1.165, 1.54) is 6.07 Å². The Labute approximate surface area is 101 Å². The van der Waals surface area contributed by atoms with Crippen LogP contribution in [0.1, 0.15) is 17.2 Å². The van der Waals surface area contributed by atoms with Gasteiger partial charge in [0, 0.05) is 6.42 Å². The zero-order valence-corrected chi connectivity index (χ0v) is 9.60. The van der Waals surface area contributed by atoms with Gasteiger partial charge in [-0.1, -0.05) is 6.07 Å². The molecule has 4 nitrogen and oxygen atoms in total. The van der Waals surface area contributed by atoms with Gasteiger partial charge in [0.15, 0.2) is 23.3 Å². The van der Waals surface area contributed by atoms with Crippen molar-refractivity contribution in [2.24, 2.45) is 0 Å². The molecule has 0 saturated heterocycles. The van der Waals surface area contributed by atoms with Crippen LogP contribution in [-0.4, -0.2) is 22.2 Å². The standard InChI is InChI=1S/C11H11F3N4/c1-15-5-9-16-8(17-18-9)4-6-2-3-7(12)11(14)10(6)13/h2-3,15H,4-5H2,1H3,(H,16,17,18). The van der Waals surface area contributed by atoms with E-state index in [1.54, 1.807) is 7.05 Å². The lowest BCUT2D eigenvalue weighted by molar-refractivity contribution is 0.441. The summed E-state index contributed by atoms with van der Waals surface area (Å²) in [4.78, 5) is 4.08. The average molecular weight is 256 g/mol. The van der Waals surface area contributed by atoms with Gasteiger partial charge < -0.3 is 5.32 Å². The largest absolute Gasteiger partial charge is 0.313 e. The van der Waals surface area contributed by atoms with Crippen LogP contribution >= 0.6 is 0 Å². The Kier molecular flexibility index (Phi) is 3.61. The molecule has 0 spiro atoms. The zero-order chi connectivity index (χ0) is 13.1. The summed E-state index contributed by atoms with van der Waals surface area (Å²) in [6.45, 7) is 0.469. The highest BCUT2D eigenvalue weighted by atomic mass is 19.2. The van der Waals surface area contributed by atoms with Crippen LogP contribution in [0.4, 0.5) is 13.2 Å². The summed E-state index contributed by atoms with van der Waals surface area (Å²) in [5.41, 5.74) is 0.0288. The van der Waals surface area contributed by atoms with Crippen molar-refractivity contribution >= 4 is 0 Å². The maximum absolute atomic E-state index is 13.4. The highest BCUT2D eigenvalue weighted by molar-refractivity contribution is 5.23. The molecule has 0 atom stereocenters. The first-order valence-electron chi connectivity index (χ1n) is 5.29. The summed E-state index contributed by atoms with van der Waals surface area (Å²) in [7, 11) is 1.74. The highest BCUT2D eigenvalue weighted by Crippen LogP contribution is 2.17. The molecule has 0 aliphatic rings. The number of hydrogen-bond acceptors (Lipinski definition) is 3. The first kappa shape index (κ1) is 12.6. The van der Waals surface area contributed by atoms with Gasteiger partial charge in [-0.3, -0.25) is 5.10 Å². The molecule has 0 amide bonds. The summed E-state index contributed by atoms with van der Waals surface area (Å²) in [6, 6.07) is 2.08. The molecule has 0 saturated carbocycles. The van der Waals surface area contributed by atoms with Crippen molar-refractivity contribution in [1.82, 2.24) is 20.5 Å². The Balaban J connectivity index is 2.20. The van der Waals surface area contributed by atoms with E-state index in [1.807, 2.05) is 0 Å². The van der Waals surface area contributed by atoms with Gasteiger partial charge in [0.1, 0.15) is 5.82 Å². The monoisotopic (exact) mass is 256 g/mol. The lowest BCUT2D eigenvalue weighted by Crippen LogP contribution is -2.06. The summed E-state index contributed by atoms with van der Waals surface area (Å²) in [6.07, 6.45) is 0.0275. The smallest absolute Gasteiger partial charge is 0.194 e. The van der Waals surface area contributed by atoms with E-state index in [0.29, 0.717) is 18.2 Å². The summed E-state index contributed by atoms with van der Waals surface area (Å²) in [5, 5.41) is 9.36. The molecule has 0 fully saturated rings. The highest BCUT2D eigenvalue weighted by Gasteiger charge is 2.14. The first-order valence-corrected chi connectivity index (χ1v) is 5.29. The summed E-state index contributed by atoms with van der Waals surface area (Å²) >= 11 is 0. The van der Waals surface area contributed by atoms with Gasteiger partial charge in [-0.05, 0) is 18.7 Å². The molecule has 0 bridgehead atoms. The van der Waals surface area contributed by atoms with E-state index in [2.05, 4.69) is 20.5 Å². The van der Waals surface area contributed by atoms with Crippen LogP contribution in [0.5, 0.6) is 0 Å². The molecule has 0 aliphatic carbocycles. The Hall–Kier alpha value is -1.89. The van der Waals surface area contributed by atoms with E-state index in [9.17, 15) is 13.2 Å². The fraction of sp³-hybridized carbons (Fsp3) is 0.273. The van der Waals surface area contributed by atoms with Crippen LogP contribution in [0.2, 0.25) is 0 Å². The number of halogens is 3. The Morgan fingerprint density at radius 3 is 2.72 bits per heavy atom. The van der Waals surface area contributed by atoms with Crippen LogP contribution in [0, 0.1) is 17.5 Å². The van der Waals surface area contributed by atoms with Gasteiger partial charge >= 0.3 is 0 Å². The maximum atomic E-state index is 13.4. The zero-order valence-electron chi connectivity index (χ0n) is 9.60. The molecule has 0 radical (unpaired) electrons. The van der Waals surface area contributed by atoms with Crippen molar-refractivity contribution in [3.05, 3.63) is 46.8 Å². The van der Waals surface area contributed by atoms with Gasteiger partial charge in [-0.2, -0.15) is 5.10 Å². The molecule has 1 aromatic heterocycles. The molecular formula is C11H11F3N4. The number of hydrogen-bond donors (Lipinski definition) is 2. The second-order valence-electron chi connectivity index (χ2n) is 3.74. The minimum absolute atomic E-state index is 0.0275. The second kappa shape index (κ2) is 5.18. The lowest BCUT2D eigenvalue weighted by atomic mass is 10.1. The van der Waals surface area contributed by atoms with Gasteiger partial charge in [-0.25, -0.2) is 18.2 Å². The van der Waals surface area contributed by atoms with E-state index >= 15 is 0 Å². The Bertz CT molecular complexity index is 553. The second-order valence-corrected chi connectivity index (χ2v) is 3.74. The molecule has 2 N–H and O–H groups in total. The van der Waals surface area contributed by atoms with Crippen molar-refractivity contribution in [2.45, 2.75) is 13.0 Å². The summed E-state index contributed by atoms with van der Waals surface area (Å²) in [5.74, 6) is -2.95.